The van der Waals surface area contributed by atoms with E-state index in [2.05, 4.69) is 206 Å². The van der Waals surface area contributed by atoms with Crippen LogP contribution in [0.1, 0.15) is 22.3 Å². The van der Waals surface area contributed by atoms with Gasteiger partial charge < -0.3 is 17.0 Å². The highest BCUT2D eigenvalue weighted by molar-refractivity contribution is 7.95. The molecule has 9 rings (SSSR count). The van der Waals surface area contributed by atoms with E-state index in [4.69, 9.17) is 15.4 Å². The van der Waals surface area contributed by atoms with E-state index in [9.17, 15) is 0 Å². The van der Waals surface area contributed by atoms with Gasteiger partial charge in [-0.15, -0.1) is 15.0 Å². The van der Waals surface area contributed by atoms with Gasteiger partial charge in [0, 0.05) is 5.56 Å². The molecular formula is C51H40BrN4P. The van der Waals surface area contributed by atoms with Crippen LogP contribution in [0.2, 0.25) is 0 Å². The molecule has 0 saturated heterocycles. The van der Waals surface area contributed by atoms with Crippen LogP contribution in [-0.4, -0.2) is 20.2 Å². The van der Waals surface area contributed by atoms with Gasteiger partial charge in [0.1, 0.15) is 23.2 Å². The third-order valence-electron chi connectivity index (χ3n) is 10.7. The normalized spacial score (nSPS) is 11.4. The molecule has 4 nitrogen and oxygen atoms in total. The van der Waals surface area contributed by atoms with Gasteiger partial charge in [-0.05, 0) is 75.0 Å². The number of tetrazole rings is 1. The van der Waals surface area contributed by atoms with Crippen LogP contribution in [0.4, 0.5) is 0 Å². The van der Waals surface area contributed by atoms with Crippen molar-refractivity contribution in [2.75, 3.05) is 0 Å². The minimum absolute atomic E-state index is 0. The van der Waals surface area contributed by atoms with E-state index in [1.807, 2.05) is 24.3 Å². The minimum Gasteiger partial charge on any atom is -1.00 e. The van der Waals surface area contributed by atoms with Crippen LogP contribution in [0.25, 0.3) is 22.5 Å². The second kappa shape index (κ2) is 16.9. The van der Waals surface area contributed by atoms with E-state index in [0.717, 1.165) is 39.5 Å². The van der Waals surface area contributed by atoms with E-state index in [-0.39, 0.29) is 17.0 Å². The highest BCUT2D eigenvalue weighted by atomic mass is 79.9. The molecular weight excluding hydrogens is 779 g/mol. The number of benzene rings is 8. The Bertz CT molecular complexity index is 2450. The zero-order chi connectivity index (χ0) is 37.6. The molecule has 0 radical (unpaired) electrons. The van der Waals surface area contributed by atoms with Crippen molar-refractivity contribution >= 4 is 23.2 Å². The van der Waals surface area contributed by atoms with Crippen molar-refractivity contribution in [1.82, 2.24) is 20.2 Å². The zero-order valence-corrected chi connectivity index (χ0v) is 33.7. The molecule has 0 fully saturated rings. The van der Waals surface area contributed by atoms with Crippen molar-refractivity contribution in [3.8, 4) is 22.5 Å². The molecule has 1 heterocycles. The summed E-state index contributed by atoms with van der Waals surface area (Å²) in [5, 5.41) is 19.0. The van der Waals surface area contributed by atoms with Crippen molar-refractivity contribution in [2.24, 2.45) is 0 Å². The fourth-order valence-electron chi connectivity index (χ4n) is 8.11. The Morgan fingerprint density at radius 1 is 0.404 bits per heavy atom. The Labute approximate surface area is 345 Å². The van der Waals surface area contributed by atoms with Crippen LogP contribution in [0, 0.1) is 0 Å². The molecule has 0 aliphatic carbocycles. The molecule has 0 aliphatic heterocycles. The fourth-order valence-corrected chi connectivity index (χ4v) is 12.4. The van der Waals surface area contributed by atoms with Crippen LogP contribution in [0.3, 0.4) is 0 Å². The molecule has 0 bridgehead atoms. The summed E-state index contributed by atoms with van der Waals surface area (Å²) in [5.74, 6) is 0.569. The SMILES string of the molecule is [Br-].c1ccc(C(c2ccccc2)(c2ccccc2)n2nnc(-c3ccccc3-c3ccc(C[P+](c4ccccc4)(c4ccccc4)c4ccccc4)cc3)n2)cc1. The summed E-state index contributed by atoms with van der Waals surface area (Å²) in [4.78, 5) is 1.79. The topological polar surface area (TPSA) is 43.6 Å². The quantitative estimate of drug-likeness (QED) is 0.101. The molecule has 9 aromatic rings. The van der Waals surface area contributed by atoms with E-state index in [1.54, 1.807) is 4.80 Å². The van der Waals surface area contributed by atoms with Crippen LogP contribution in [0.5, 0.6) is 0 Å². The highest BCUT2D eigenvalue weighted by Gasteiger charge is 2.45. The van der Waals surface area contributed by atoms with E-state index >= 15 is 0 Å². The number of hydrogen-bond donors (Lipinski definition) is 0. The molecule has 0 aliphatic rings. The Morgan fingerprint density at radius 3 is 1.19 bits per heavy atom. The first-order chi connectivity index (χ1) is 27.8. The lowest BCUT2D eigenvalue weighted by molar-refractivity contribution is -0.0000109. The van der Waals surface area contributed by atoms with E-state index in [1.165, 1.54) is 21.5 Å². The summed E-state index contributed by atoms with van der Waals surface area (Å²) >= 11 is 0. The van der Waals surface area contributed by atoms with Gasteiger partial charge >= 0.3 is 0 Å². The minimum atomic E-state index is -2.04. The summed E-state index contributed by atoms with van der Waals surface area (Å²) in [6.07, 6.45) is 0.906. The smallest absolute Gasteiger partial charge is 0.205 e. The number of halogens is 1. The van der Waals surface area contributed by atoms with Crippen molar-refractivity contribution < 1.29 is 17.0 Å². The molecule has 8 aromatic carbocycles. The average molecular weight is 820 g/mol. The number of rotatable bonds is 11. The molecule has 276 valence electrons. The molecule has 0 amide bonds. The number of aromatic nitrogens is 4. The first-order valence-electron chi connectivity index (χ1n) is 19.0. The monoisotopic (exact) mass is 818 g/mol. The van der Waals surface area contributed by atoms with Gasteiger partial charge in [-0.25, -0.2) is 0 Å². The predicted octanol–water partition coefficient (Wildman–Crippen LogP) is 7.35. The van der Waals surface area contributed by atoms with Crippen molar-refractivity contribution in [2.45, 2.75) is 11.7 Å². The summed E-state index contributed by atoms with van der Waals surface area (Å²) < 4.78 is 0. The maximum atomic E-state index is 5.23. The Hall–Kier alpha value is -6.26. The van der Waals surface area contributed by atoms with Crippen LogP contribution >= 0.6 is 7.26 Å². The number of hydrogen-bond acceptors (Lipinski definition) is 3. The van der Waals surface area contributed by atoms with Crippen molar-refractivity contribution in [1.29, 1.82) is 0 Å². The van der Waals surface area contributed by atoms with Gasteiger partial charge in [-0.3, -0.25) is 0 Å². The Balaban J connectivity index is 0.00000455. The molecule has 0 atom stereocenters. The van der Waals surface area contributed by atoms with Gasteiger partial charge in [0.25, 0.3) is 0 Å². The lowest BCUT2D eigenvalue weighted by Gasteiger charge is -2.34. The number of nitrogens with zero attached hydrogens (tertiary/aromatic N) is 4. The summed E-state index contributed by atoms with van der Waals surface area (Å²) in [7, 11) is -2.04. The summed E-state index contributed by atoms with van der Waals surface area (Å²) in [5.41, 5.74) is 6.66. The molecule has 0 N–H and O–H groups in total. The lowest BCUT2D eigenvalue weighted by atomic mass is 9.77. The molecule has 0 spiro atoms. The van der Waals surface area contributed by atoms with Crippen LogP contribution < -0.4 is 32.9 Å². The van der Waals surface area contributed by atoms with E-state index in [0.29, 0.717) is 5.82 Å². The van der Waals surface area contributed by atoms with Crippen molar-refractivity contribution in [3.63, 3.8) is 0 Å². The lowest BCUT2D eigenvalue weighted by Crippen LogP contribution is -3.00. The second-order valence-electron chi connectivity index (χ2n) is 13.9. The predicted molar refractivity (Wildman–Crippen MR) is 232 cm³/mol. The van der Waals surface area contributed by atoms with Gasteiger partial charge in [0.2, 0.25) is 5.82 Å². The van der Waals surface area contributed by atoms with E-state index < -0.39 is 12.8 Å². The summed E-state index contributed by atoms with van der Waals surface area (Å²) in [6.45, 7) is 0. The molecule has 1 aromatic heterocycles. The third-order valence-corrected chi connectivity index (χ3v) is 15.1. The third kappa shape index (κ3) is 7.06. The molecule has 0 unspecified atom stereocenters. The van der Waals surface area contributed by atoms with Gasteiger partial charge in [0.05, 0.1) is 6.16 Å². The van der Waals surface area contributed by atoms with Gasteiger partial charge in [-0.2, -0.15) is 0 Å². The Morgan fingerprint density at radius 2 is 0.772 bits per heavy atom. The van der Waals surface area contributed by atoms with Crippen LogP contribution in [-0.2, 0) is 11.7 Å². The maximum absolute atomic E-state index is 5.23. The first kappa shape index (κ1) is 37.7. The highest BCUT2D eigenvalue weighted by Crippen LogP contribution is 2.58. The zero-order valence-electron chi connectivity index (χ0n) is 31.3. The maximum Gasteiger partial charge on any atom is 0.205 e. The molecule has 57 heavy (non-hydrogen) atoms. The fraction of sp³-hybridized carbons (Fsp3) is 0.0392. The largest absolute Gasteiger partial charge is 1.00 e. The second-order valence-corrected chi connectivity index (χ2v) is 17.4. The van der Waals surface area contributed by atoms with Crippen LogP contribution in [0.15, 0.2) is 231 Å². The average Bonchev–Trinajstić information content (AvgIpc) is 3.79. The van der Waals surface area contributed by atoms with Gasteiger partial charge in [0.15, 0.2) is 5.54 Å². The van der Waals surface area contributed by atoms with Gasteiger partial charge in [-0.1, -0.05) is 194 Å². The van der Waals surface area contributed by atoms with Crippen molar-refractivity contribution in [3.05, 3.63) is 253 Å². The standard InChI is InChI=1S/C51H40N4P.BrH/c1-7-21-42(22-8-1)51(43-23-9-2-10-24-43,44-25-11-3-12-26-44)55-53-50(52-54-55)49-34-20-19-33-48(49)41-37-35-40(36-38-41)39-56(45-27-13-4-14-28-45,46-29-15-5-16-30-46)47-31-17-6-18-32-47;/h1-38H,39H2;1H/q+1;/p-1. The molecule has 0 saturated carbocycles. The first-order valence-corrected chi connectivity index (χ1v) is 20.9. The summed E-state index contributed by atoms with van der Waals surface area (Å²) in [6, 6.07) is 82.0. The Kier molecular flexibility index (Phi) is 11.1. The molecule has 6 heteroatoms.